The molecular weight excluding hydrogens is 278 g/mol. The summed E-state index contributed by atoms with van der Waals surface area (Å²) < 4.78 is 24.4. The topological polar surface area (TPSA) is 104 Å². The van der Waals surface area contributed by atoms with Crippen LogP contribution in [0.5, 0.6) is 0 Å². The molecule has 0 aromatic carbocycles. The molecule has 102 valence electrons. The summed E-state index contributed by atoms with van der Waals surface area (Å²) in [7, 11) is -3.65. The van der Waals surface area contributed by atoms with Gasteiger partial charge in [-0.05, 0) is 6.26 Å². The molecule has 9 heteroatoms. The van der Waals surface area contributed by atoms with Gasteiger partial charge in [-0.3, -0.25) is 4.79 Å². The van der Waals surface area contributed by atoms with Crippen LogP contribution in [0, 0.1) is 12.3 Å². The van der Waals surface area contributed by atoms with E-state index in [0.29, 0.717) is 5.75 Å². The first-order valence-corrected chi connectivity index (χ1v) is 7.93. The Kier molecular flexibility index (Phi) is 7.98. The molecule has 0 rings (SSSR count). The van der Waals surface area contributed by atoms with Crippen LogP contribution >= 0.6 is 11.8 Å². The second-order valence-corrected chi connectivity index (χ2v) is 5.90. The van der Waals surface area contributed by atoms with Crippen molar-refractivity contribution in [1.29, 1.82) is 0 Å². The Morgan fingerprint density at radius 3 is 2.56 bits per heavy atom. The maximum absolute atomic E-state index is 11.3. The number of carbonyl (C=O) groups excluding carboxylic acids is 2. The maximum Gasteiger partial charge on any atom is 0.328 e. The molecule has 0 aliphatic heterocycles. The Balaban J connectivity index is 3.98. The van der Waals surface area contributed by atoms with Gasteiger partial charge in [-0.1, -0.05) is 5.92 Å². The highest BCUT2D eigenvalue weighted by Gasteiger charge is 2.14. The molecular formula is C9H15N3O4S2. The number of nitrogens with one attached hydrogen (secondary N) is 3. The average Bonchev–Trinajstić information content (AvgIpc) is 2.30. The first-order chi connectivity index (χ1) is 8.41. The Bertz CT molecular complexity index is 428. The van der Waals surface area contributed by atoms with Gasteiger partial charge in [0.15, 0.2) is 0 Å². The molecule has 0 fully saturated rings. The van der Waals surface area contributed by atoms with Crippen LogP contribution in [-0.2, 0) is 14.8 Å². The zero-order valence-corrected chi connectivity index (χ0v) is 11.5. The molecule has 0 radical (unpaired) electrons. The number of terminal acetylenes is 1. The van der Waals surface area contributed by atoms with E-state index in [0.717, 1.165) is 0 Å². The highest BCUT2D eigenvalue weighted by molar-refractivity contribution is 7.99. The summed E-state index contributed by atoms with van der Waals surface area (Å²) in [6.45, 7) is -0.292. The number of urea groups is 1. The second-order valence-electron chi connectivity index (χ2n) is 3.08. The monoisotopic (exact) mass is 293 g/mol. The molecule has 0 saturated carbocycles. The third kappa shape index (κ3) is 8.72. The number of carbonyl (C=O) groups is 2. The van der Waals surface area contributed by atoms with Crippen LogP contribution in [0.15, 0.2) is 0 Å². The fourth-order valence-electron chi connectivity index (χ4n) is 0.794. The van der Waals surface area contributed by atoms with Crippen LogP contribution in [0.4, 0.5) is 4.79 Å². The van der Waals surface area contributed by atoms with E-state index in [9.17, 15) is 18.0 Å². The molecule has 0 aromatic rings. The van der Waals surface area contributed by atoms with Gasteiger partial charge in [0.25, 0.3) is 0 Å². The molecule has 0 aromatic heterocycles. The van der Waals surface area contributed by atoms with Crippen molar-refractivity contribution >= 4 is 33.7 Å². The summed E-state index contributed by atoms with van der Waals surface area (Å²) in [5.41, 5.74) is 0. The smallest absolute Gasteiger partial charge is 0.328 e. The van der Waals surface area contributed by atoms with Crippen molar-refractivity contribution in [2.45, 2.75) is 0 Å². The third-order valence-electron chi connectivity index (χ3n) is 1.60. The van der Waals surface area contributed by atoms with Crippen LogP contribution in [0.25, 0.3) is 0 Å². The average molecular weight is 293 g/mol. The fraction of sp³-hybridized carbons (Fsp3) is 0.556. The van der Waals surface area contributed by atoms with Crippen molar-refractivity contribution in [2.75, 3.05) is 30.9 Å². The van der Waals surface area contributed by atoms with E-state index < -0.39 is 22.0 Å². The van der Waals surface area contributed by atoms with Crippen molar-refractivity contribution in [2.24, 2.45) is 0 Å². The fourth-order valence-corrected chi connectivity index (χ4v) is 2.80. The van der Waals surface area contributed by atoms with E-state index in [1.54, 1.807) is 11.0 Å². The van der Waals surface area contributed by atoms with E-state index in [-0.39, 0.29) is 18.8 Å². The second kappa shape index (κ2) is 8.66. The minimum Gasteiger partial charge on any atom is -0.344 e. The number of hydrogen-bond acceptors (Lipinski definition) is 5. The Morgan fingerprint density at radius 1 is 1.33 bits per heavy atom. The number of amides is 3. The normalized spacial score (nSPS) is 10.2. The van der Waals surface area contributed by atoms with Crippen molar-refractivity contribution in [3.8, 4) is 12.3 Å². The molecule has 0 aliphatic carbocycles. The Hall–Kier alpha value is -1.40. The number of hydrogen-bond donors (Lipinski definition) is 3. The van der Waals surface area contributed by atoms with E-state index in [1.165, 1.54) is 11.8 Å². The zero-order chi connectivity index (χ0) is 14.0. The number of sulfonamides is 1. The van der Waals surface area contributed by atoms with Crippen LogP contribution in [0.3, 0.4) is 0 Å². The summed E-state index contributed by atoms with van der Waals surface area (Å²) >= 11 is 1.35. The van der Waals surface area contributed by atoms with Crippen LogP contribution in [0.1, 0.15) is 0 Å². The lowest BCUT2D eigenvalue weighted by Gasteiger charge is -2.07. The van der Waals surface area contributed by atoms with E-state index in [2.05, 4.69) is 16.6 Å². The largest absolute Gasteiger partial charge is 0.344 e. The van der Waals surface area contributed by atoms with Crippen molar-refractivity contribution in [3.63, 3.8) is 0 Å². The molecule has 3 N–H and O–H groups in total. The summed E-state index contributed by atoms with van der Waals surface area (Å²) in [5, 5.41) is 4.42. The Morgan fingerprint density at radius 2 is 2.00 bits per heavy atom. The zero-order valence-electron chi connectivity index (χ0n) is 9.86. The predicted octanol–water partition coefficient (Wildman–Crippen LogP) is -1.27. The highest BCUT2D eigenvalue weighted by Crippen LogP contribution is 1.94. The van der Waals surface area contributed by atoms with Crippen LogP contribution < -0.4 is 15.4 Å². The molecule has 0 aliphatic rings. The summed E-state index contributed by atoms with van der Waals surface area (Å²) in [6.07, 6.45) is 6.67. The third-order valence-corrected chi connectivity index (χ3v) is 3.71. The summed E-state index contributed by atoms with van der Waals surface area (Å²) in [6, 6.07) is -0.938. The molecule has 0 unspecified atom stereocenters. The summed E-state index contributed by atoms with van der Waals surface area (Å²) in [5.74, 6) is 1.91. The van der Waals surface area contributed by atoms with Crippen molar-refractivity contribution in [1.82, 2.24) is 15.4 Å². The lowest BCUT2D eigenvalue weighted by Crippen LogP contribution is -2.44. The molecule has 0 saturated heterocycles. The van der Waals surface area contributed by atoms with Gasteiger partial charge in [-0.15, -0.1) is 6.42 Å². The van der Waals surface area contributed by atoms with Gasteiger partial charge in [-0.25, -0.2) is 17.9 Å². The van der Waals surface area contributed by atoms with Gasteiger partial charge < -0.3 is 10.6 Å². The van der Waals surface area contributed by atoms with Crippen molar-refractivity contribution < 1.29 is 18.0 Å². The molecule has 18 heavy (non-hydrogen) atoms. The minimum atomic E-state index is -3.65. The standard InChI is InChI=1S/C9H15N3O4S2/c1-3-4-10-8(13)7-11-9(14)12-18(15,16)6-5-17-2/h1H,4-7H2,2H3,(H,10,13)(H2,11,12,14). The molecule has 3 amide bonds. The van der Waals surface area contributed by atoms with Crippen LogP contribution in [-0.4, -0.2) is 51.2 Å². The highest BCUT2D eigenvalue weighted by atomic mass is 32.2. The van der Waals surface area contributed by atoms with Gasteiger partial charge in [-0.2, -0.15) is 11.8 Å². The lowest BCUT2D eigenvalue weighted by atomic mass is 10.5. The molecule has 7 nitrogen and oxygen atoms in total. The first kappa shape index (κ1) is 16.6. The molecule has 0 bridgehead atoms. The Labute approximate surface area is 111 Å². The lowest BCUT2D eigenvalue weighted by molar-refractivity contribution is -0.119. The van der Waals surface area contributed by atoms with Gasteiger partial charge in [0, 0.05) is 5.75 Å². The van der Waals surface area contributed by atoms with E-state index in [1.807, 2.05) is 0 Å². The maximum atomic E-state index is 11.3. The summed E-state index contributed by atoms with van der Waals surface area (Å²) in [4.78, 5) is 22.2. The van der Waals surface area contributed by atoms with Gasteiger partial charge in [0.05, 0.1) is 18.8 Å². The van der Waals surface area contributed by atoms with Crippen molar-refractivity contribution in [3.05, 3.63) is 0 Å². The van der Waals surface area contributed by atoms with E-state index in [4.69, 9.17) is 6.42 Å². The molecule has 0 spiro atoms. The van der Waals surface area contributed by atoms with Gasteiger partial charge in [0.1, 0.15) is 0 Å². The first-order valence-electron chi connectivity index (χ1n) is 4.88. The quantitative estimate of drug-likeness (QED) is 0.508. The SMILES string of the molecule is C#CCNC(=O)CNC(=O)NS(=O)(=O)CCSC. The van der Waals surface area contributed by atoms with Gasteiger partial charge in [0.2, 0.25) is 15.9 Å². The number of rotatable bonds is 7. The molecule has 0 atom stereocenters. The van der Waals surface area contributed by atoms with E-state index >= 15 is 0 Å². The predicted molar refractivity (Wildman–Crippen MR) is 70.5 cm³/mol. The molecule has 0 heterocycles. The minimum absolute atomic E-state index is 0.0498. The van der Waals surface area contributed by atoms with Crippen LogP contribution in [0.2, 0.25) is 0 Å². The number of thioether (sulfide) groups is 1. The van der Waals surface area contributed by atoms with Gasteiger partial charge >= 0.3 is 6.03 Å².